The fourth-order valence-corrected chi connectivity index (χ4v) is 9.72. The highest BCUT2D eigenvalue weighted by Crippen LogP contribution is 2.49. The van der Waals surface area contributed by atoms with Crippen molar-refractivity contribution in [3.8, 4) is 45.0 Å². The van der Waals surface area contributed by atoms with Crippen LogP contribution in [0.25, 0.3) is 66.6 Å². The molecule has 72 heavy (non-hydrogen) atoms. The summed E-state index contributed by atoms with van der Waals surface area (Å²) in [7, 11) is 7.53. The van der Waals surface area contributed by atoms with Gasteiger partial charge < -0.3 is 22.1 Å². The van der Waals surface area contributed by atoms with E-state index in [1.54, 1.807) is 43.5 Å². The third-order valence-electron chi connectivity index (χ3n) is 13.6. The molecular weight excluding hydrogens is 905 g/mol. The Hall–Kier alpha value is -9.06. The van der Waals surface area contributed by atoms with Gasteiger partial charge in [0.15, 0.2) is 0 Å². The lowest BCUT2D eigenvalue weighted by atomic mass is 9.95. The van der Waals surface area contributed by atoms with Crippen LogP contribution >= 0.6 is 0 Å². The number of anilines is 4. The number of nitrogens with one attached hydrogen (secondary N) is 2. The molecule has 18 heteroatoms. The maximum Gasteiger partial charge on any atom is 0.229 e. The van der Waals surface area contributed by atoms with E-state index in [1.165, 1.54) is 0 Å². The van der Waals surface area contributed by atoms with Crippen LogP contribution in [0.3, 0.4) is 0 Å². The minimum Gasteiger partial charge on any atom is -0.398 e. The summed E-state index contributed by atoms with van der Waals surface area (Å²) in [4.78, 5) is 43.9. The molecule has 0 spiro atoms. The monoisotopic (exact) mass is 956 g/mol. The van der Waals surface area contributed by atoms with Gasteiger partial charge in [0.2, 0.25) is 11.8 Å². The molecule has 0 bridgehead atoms. The van der Waals surface area contributed by atoms with E-state index < -0.39 is 0 Å². The van der Waals surface area contributed by atoms with E-state index in [0.717, 1.165) is 102 Å². The third kappa shape index (κ3) is 8.89. The first-order valence-corrected chi connectivity index (χ1v) is 23.6. The maximum atomic E-state index is 12.9. The molecule has 2 saturated carbocycles. The lowest BCUT2D eigenvalue weighted by molar-refractivity contribution is -0.118. The van der Waals surface area contributed by atoms with E-state index in [1.807, 2.05) is 114 Å². The number of aryl methyl sites for hydroxylation is 6. The summed E-state index contributed by atoms with van der Waals surface area (Å²) in [6.45, 7) is 4.10. The fraction of sp³-hybridized carbons (Fsp3) is 0.222. The number of aromatic nitrogens is 12. The number of nitrogen functional groups attached to an aromatic ring is 2. The van der Waals surface area contributed by atoms with Crippen LogP contribution in [0.15, 0.2) is 123 Å². The van der Waals surface area contributed by atoms with Crippen molar-refractivity contribution in [3.05, 3.63) is 145 Å². The summed E-state index contributed by atoms with van der Waals surface area (Å²) in [5, 5.41) is 27.0. The number of pyridine rings is 4. The Bertz CT molecular complexity index is 3510. The molecule has 8 heterocycles. The minimum atomic E-state index is -0.0675. The van der Waals surface area contributed by atoms with E-state index >= 15 is 0 Å². The van der Waals surface area contributed by atoms with E-state index in [9.17, 15) is 9.59 Å². The number of benzene rings is 2. The number of nitrogens with two attached hydrogens (primary N) is 2. The van der Waals surface area contributed by atoms with Gasteiger partial charge in [0.05, 0.1) is 23.8 Å². The second-order valence-corrected chi connectivity index (χ2v) is 18.9. The lowest BCUT2D eigenvalue weighted by Crippen LogP contribution is -2.15. The van der Waals surface area contributed by atoms with Gasteiger partial charge in [-0.05, 0) is 143 Å². The van der Waals surface area contributed by atoms with Gasteiger partial charge in [-0.1, -0.05) is 0 Å². The summed E-state index contributed by atoms with van der Waals surface area (Å²) < 4.78 is 7.05. The number of carbonyl (C=O) groups excluding carboxylic acids is 2. The number of fused-ring (bicyclic) bond motifs is 2. The fourth-order valence-electron chi connectivity index (χ4n) is 9.72. The van der Waals surface area contributed by atoms with E-state index in [2.05, 4.69) is 76.9 Å². The summed E-state index contributed by atoms with van der Waals surface area (Å²) in [5.74, 6) is 1.24. The van der Waals surface area contributed by atoms with Gasteiger partial charge in [-0.3, -0.25) is 38.3 Å². The van der Waals surface area contributed by atoms with Gasteiger partial charge in [-0.25, -0.2) is 9.97 Å². The van der Waals surface area contributed by atoms with Gasteiger partial charge in [-0.2, -0.15) is 20.4 Å². The van der Waals surface area contributed by atoms with E-state index in [4.69, 9.17) is 11.5 Å². The molecule has 10 aromatic rings. The number of nitrogens with zero attached hydrogens (tertiary/aromatic N) is 12. The van der Waals surface area contributed by atoms with Crippen molar-refractivity contribution in [2.45, 2.75) is 38.5 Å². The van der Waals surface area contributed by atoms with Crippen molar-refractivity contribution in [3.63, 3.8) is 0 Å². The first-order valence-electron chi connectivity index (χ1n) is 23.6. The Balaban J connectivity index is 0.000000156. The molecule has 0 unspecified atom stereocenters. The molecule has 2 aromatic carbocycles. The Morgan fingerprint density at radius 1 is 0.556 bits per heavy atom. The molecule has 2 fully saturated rings. The Morgan fingerprint density at radius 2 is 0.986 bits per heavy atom. The normalized spacial score (nSPS) is 16.9. The predicted octanol–water partition coefficient (Wildman–Crippen LogP) is 8.13. The summed E-state index contributed by atoms with van der Waals surface area (Å²) in [6, 6.07) is 19.6. The van der Waals surface area contributed by atoms with Crippen LogP contribution in [0.5, 0.6) is 0 Å². The SMILES string of the molecule is Cc1ccnc(-c2ccn(C)n2)c1-c1cc(N)c2cnc(NC(=O)[C@@H]3C[C@H]3c3cnn(C)c3)cc2c1.Cc1ccnc(-c2ccn(C)n2)c1-c1cc(N)c2cnc(NC(=O)[C@H]3C[C@@H]3c3cnn(C)c3)cc2c1. The van der Waals surface area contributed by atoms with E-state index in [0.29, 0.717) is 23.0 Å². The van der Waals surface area contributed by atoms with Crippen molar-refractivity contribution >= 4 is 56.4 Å². The second-order valence-electron chi connectivity index (χ2n) is 18.9. The molecule has 6 N–H and O–H groups in total. The van der Waals surface area contributed by atoms with Crippen molar-refractivity contribution in [1.29, 1.82) is 0 Å². The number of carbonyl (C=O) groups is 2. The predicted molar refractivity (Wildman–Crippen MR) is 278 cm³/mol. The molecule has 360 valence electrons. The molecule has 12 rings (SSSR count). The number of hydrogen-bond donors (Lipinski definition) is 4. The van der Waals surface area contributed by atoms with Crippen LogP contribution in [0, 0.1) is 25.7 Å². The zero-order valence-electron chi connectivity index (χ0n) is 40.6. The van der Waals surface area contributed by atoms with Crippen LogP contribution in [0.1, 0.15) is 46.9 Å². The minimum absolute atomic E-state index is 0.0274. The zero-order chi connectivity index (χ0) is 49.9. The largest absolute Gasteiger partial charge is 0.398 e. The van der Waals surface area contributed by atoms with Crippen LogP contribution in [0.4, 0.5) is 23.0 Å². The lowest BCUT2D eigenvalue weighted by Gasteiger charge is -2.14. The summed E-state index contributed by atoms with van der Waals surface area (Å²) in [5.41, 5.74) is 25.5. The number of amides is 2. The highest BCUT2D eigenvalue weighted by atomic mass is 16.2. The smallest absolute Gasteiger partial charge is 0.229 e. The first-order chi connectivity index (χ1) is 34.7. The summed E-state index contributed by atoms with van der Waals surface area (Å²) >= 11 is 0. The molecule has 2 aliphatic carbocycles. The Kier molecular flexibility index (Phi) is 11.4. The van der Waals surface area contributed by atoms with Crippen LogP contribution in [-0.4, -0.2) is 70.9 Å². The molecule has 0 radical (unpaired) electrons. The van der Waals surface area contributed by atoms with Gasteiger partial charge in [0.25, 0.3) is 0 Å². The van der Waals surface area contributed by atoms with Gasteiger partial charge >= 0.3 is 0 Å². The van der Waals surface area contributed by atoms with Gasteiger partial charge in [0, 0.05) is 123 Å². The highest BCUT2D eigenvalue weighted by molar-refractivity contribution is 6.03. The second kappa shape index (κ2) is 18.0. The average molecular weight is 957 g/mol. The molecule has 0 aliphatic heterocycles. The van der Waals surface area contributed by atoms with Crippen molar-refractivity contribution < 1.29 is 9.59 Å². The van der Waals surface area contributed by atoms with Gasteiger partial charge in [-0.15, -0.1) is 0 Å². The van der Waals surface area contributed by atoms with E-state index in [-0.39, 0.29) is 35.5 Å². The molecular formula is C54H52N16O2. The third-order valence-corrected chi connectivity index (χ3v) is 13.6. The zero-order valence-corrected chi connectivity index (χ0v) is 40.6. The molecule has 18 nitrogen and oxygen atoms in total. The summed E-state index contributed by atoms with van der Waals surface area (Å²) in [6.07, 6.45) is 20.0. The number of rotatable bonds is 10. The standard InChI is InChI=1S/2C27H26N8O/c2*1-15-4-6-29-26(23-5-7-34(2)33-23)25(15)17-8-16-10-24(30-13-21(16)22(28)9-17)32-27(36)20-11-19(20)18-12-31-35(3)14-18/h2*4-10,12-14,19-20H,11,28H2,1-3H3,(H,30,32,36)/t2*19-,20+/m10/s1. The molecule has 2 aliphatic rings. The average Bonchev–Trinajstić information content (AvgIpc) is 4.07. The van der Waals surface area contributed by atoms with Crippen molar-refractivity contribution in [1.82, 2.24) is 59.1 Å². The molecule has 0 saturated heterocycles. The quantitative estimate of drug-likeness (QED) is 0.0952. The highest BCUT2D eigenvalue weighted by Gasteiger charge is 2.45. The topological polar surface area (TPSA) is 233 Å². The van der Waals surface area contributed by atoms with Crippen LogP contribution in [-0.2, 0) is 37.8 Å². The molecule has 8 aromatic heterocycles. The first kappa shape index (κ1) is 45.4. The van der Waals surface area contributed by atoms with Crippen molar-refractivity contribution in [2.24, 2.45) is 40.0 Å². The Morgan fingerprint density at radius 3 is 1.36 bits per heavy atom. The Labute approximate surface area is 414 Å². The molecule has 4 atom stereocenters. The maximum absolute atomic E-state index is 12.9. The van der Waals surface area contributed by atoms with Gasteiger partial charge in [0.1, 0.15) is 23.0 Å². The van der Waals surface area contributed by atoms with Crippen LogP contribution < -0.4 is 22.1 Å². The number of hydrogen-bond acceptors (Lipinski definition) is 12. The molecule has 2 amide bonds. The van der Waals surface area contributed by atoms with Crippen molar-refractivity contribution in [2.75, 3.05) is 22.1 Å². The van der Waals surface area contributed by atoms with Crippen LogP contribution in [0.2, 0.25) is 0 Å².